The first-order chi connectivity index (χ1) is 9.06. The molecule has 0 saturated carbocycles. The molecule has 0 aliphatic carbocycles. The fourth-order valence-corrected chi connectivity index (χ4v) is 1.46. The molecule has 0 aromatic carbocycles. The number of alkyl halides is 2. The van der Waals surface area contributed by atoms with Crippen molar-refractivity contribution in [2.75, 3.05) is 0 Å². The molecule has 0 aliphatic rings. The maximum atomic E-state index is 12.3. The summed E-state index contributed by atoms with van der Waals surface area (Å²) in [5.74, 6) is -1.73. The zero-order valence-corrected chi connectivity index (χ0v) is 9.53. The van der Waals surface area contributed by atoms with Crippen molar-refractivity contribution < 1.29 is 23.4 Å². The lowest BCUT2D eigenvalue weighted by Crippen LogP contribution is -2.11. The minimum atomic E-state index is -3.08. The van der Waals surface area contributed by atoms with Crippen LogP contribution in [0.4, 0.5) is 8.78 Å². The Balaban J connectivity index is 2.32. The Hall–Kier alpha value is -2.51. The Bertz CT molecular complexity index is 573. The highest BCUT2D eigenvalue weighted by Gasteiger charge is 2.15. The normalized spacial score (nSPS) is 10.7. The van der Waals surface area contributed by atoms with E-state index >= 15 is 0 Å². The van der Waals surface area contributed by atoms with Crippen LogP contribution in [-0.2, 0) is 6.54 Å². The van der Waals surface area contributed by atoms with E-state index < -0.39 is 18.5 Å². The molecule has 19 heavy (non-hydrogen) atoms. The van der Waals surface area contributed by atoms with Gasteiger partial charge in [0.15, 0.2) is 5.69 Å². The van der Waals surface area contributed by atoms with Crippen molar-refractivity contribution in [3.05, 3.63) is 41.9 Å². The van der Waals surface area contributed by atoms with E-state index in [4.69, 9.17) is 5.11 Å². The van der Waals surface area contributed by atoms with E-state index in [2.05, 4.69) is 14.8 Å². The number of hydrogen-bond acceptors (Lipinski definition) is 4. The van der Waals surface area contributed by atoms with Gasteiger partial charge in [-0.05, 0) is 18.2 Å². The first-order valence-electron chi connectivity index (χ1n) is 5.21. The molecule has 100 valence electrons. The van der Waals surface area contributed by atoms with Gasteiger partial charge in [0.1, 0.15) is 0 Å². The van der Waals surface area contributed by atoms with Crippen molar-refractivity contribution in [3.8, 4) is 5.88 Å². The van der Waals surface area contributed by atoms with E-state index in [1.54, 1.807) is 12.3 Å². The van der Waals surface area contributed by atoms with E-state index in [0.29, 0.717) is 5.56 Å². The average Bonchev–Trinajstić information content (AvgIpc) is 2.83. The second kappa shape index (κ2) is 5.42. The number of hydrogen-bond donors (Lipinski definition) is 1. The molecule has 2 aromatic heterocycles. The van der Waals surface area contributed by atoms with Crippen molar-refractivity contribution in [3.63, 3.8) is 0 Å². The van der Waals surface area contributed by atoms with Crippen LogP contribution >= 0.6 is 0 Å². The van der Waals surface area contributed by atoms with E-state index in [-0.39, 0.29) is 12.2 Å². The van der Waals surface area contributed by atoms with Crippen molar-refractivity contribution >= 4 is 5.97 Å². The maximum Gasteiger partial charge on any atom is 0.388 e. The molecular formula is C11H9F2N3O3. The molecular weight excluding hydrogens is 260 g/mol. The third kappa shape index (κ3) is 3.24. The van der Waals surface area contributed by atoms with Gasteiger partial charge in [0, 0.05) is 18.0 Å². The first kappa shape index (κ1) is 12.9. The van der Waals surface area contributed by atoms with Crippen LogP contribution < -0.4 is 4.74 Å². The average molecular weight is 269 g/mol. The number of pyridine rings is 1. The van der Waals surface area contributed by atoms with E-state index in [0.717, 1.165) is 0 Å². The number of ether oxygens (including phenoxy) is 1. The van der Waals surface area contributed by atoms with Gasteiger partial charge in [-0.15, -0.1) is 0 Å². The van der Waals surface area contributed by atoms with Crippen molar-refractivity contribution in [2.45, 2.75) is 13.2 Å². The molecule has 0 spiro atoms. The number of aromatic nitrogens is 3. The molecule has 2 aromatic rings. The third-order valence-electron chi connectivity index (χ3n) is 2.25. The van der Waals surface area contributed by atoms with Crippen LogP contribution in [0, 0.1) is 0 Å². The largest absolute Gasteiger partial charge is 0.477 e. The van der Waals surface area contributed by atoms with Crippen molar-refractivity contribution in [1.82, 2.24) is 14.8 Å². The molecule has 0 atom stereocenters. The monoisotopic (exact) mass is 269 g/mol. The highest BCUT2D eigenvalue weighted by molar-refractivity contribution is 5.85. The fraction of sp³-hybridized carbons (Fsp3) is 0.182. The number of halogens is 2. The zero-order valence-electron chi connectivity index (χ0n) is 9.53. The number of rotatable bonds is 5. The summed E-state index contributed by atoms with van der Waals surface area (Å²) in [6, 6.07) is 4.27. The summed E-state index contributed by atoms with van der Waals surface area (Å²) in [7, 11) is 0. The molecule has 2 rings (SSSR count). The van der Waals surface area contributed by atoms with Crippen LogP contribution in [0.25, 0.3) is 0 Å². The Morgan fingerprint density at radius 1 is 1.47 bits per heavy atom. The van der Waals surface area contributed by atoms with Crippen LogP contribution in [0.5, 0.6) is 5.88 Å². The SMILES string of the molecule is O=C(O)c1ccc(Cn2cccn2)c(OC(F)F)n1. The van der Waals surface area contributed by atoms with Crippen LogP contribution in [0.2, 0.25) is 0 Å². The topological polar surface area (TPSA) is 77.2 Å². The van der Waals surface area contributed by atoms with Crippen LogP contribution in [0.15, 0.2) is 30.6 Å². The number of carboxylic acids is 1. The smallest absolute Gasteiger partial charge is 0.388 e. The highest BCUT2D eigenvalue weighted by atomic mass is 19.3. The van der Waals surface area contributed by atoms with Gasteiger partial charge in [0.25, 0.3) is 0 Å². The molecule has 0 saturated heterocycles. The van der Waals surface area contributed by atoms with Crippen LogP contribution in [-0.4, -0.2) is 32.5 Å². The Kier molecular flexibility index (Phi) is 3.69. The first-order valence-corrected chi connectivity index (χ1v) is 5.21. The molecule has 6 nitrogen and oxygen atoms in total. The van der Waals surface area contributed by atoms with Crippen LogP contribution in [0.3, 0.4) is 0 Å². The Labute approximate surface area is 106 Å². The van der Waals surface area contributed by atoms with E-state index in [1.807, 2.05) is 0 Å². The molecule has 8 heteroatoms. The van der Waals surface area contributed by atoms with Gasteiger partial charge >= 0.3 is 12.6 Å². The van der Waals surface area contributed by atoms with Gasteiger partial charge in [-0.2, -0.15) is 13.9 Å². The second-order valence-corrected chi connectivity index (χ2v) is 3.55. The summed E-state index contributed by atoms with van der Waals surface area (Å²) >= 11 is 0. The minimum Gasteiger partial charge on any atom is -0.477 e. The Morgan fingerprint density at radius 2 is 2.26 bits per heavy atom. The standard InChI is InChI=1S/C11H9F2N3O3/c12-11(13)19-9-7(6-16-5-1-4-14-16)2-3-8(15-9)10(17)18/h1-5,11H,6H2,(H,17,18). The minimum absolute atomic E-state index is 0.155. The van der Waals surface area contributed by atoms with Gasteiger partial charge in [-0.3, -0.25) is 4.68 Å². The maximum absolute atomic E-state index is 12.3. The molecule has 0 aliphatic heterocycles. The number of aromatic carboxylic acids is 1. The highest BCUT2D eigenvalue weighted by Crippen LogP contribution is 2.19. The fourth-order valence-electron chi connectivity index (χ4n) is 1.46. The lowest BCUT2D eigenvalue weighted by Gasteiger charge is -2.10. The van der Waals surface area contributed by atoms with Crippen molar-refractivity contribution in [1.29, 1.82) is 0 Å². The molecule has 0 unspecified atom stereocenters. The summed E-state index contributed by atoms with van der Waals surface area (Å²) in [5, 5.41) is 12.7. The van der Waals surface area contributed by atoms with Crippen molar-refractivity contribution in [2.24, 2.45) is 0 Å². The summed E-state index contributed by atoms with van der Waals surface area (Å²) < 4.78 is 30.3. The molecule has 0 amide bonds. The molecule has 0 radical (unpaired) electrons. The Morgan fingerprint density at radius 3 is 2.84 bits per heavy atom. The lowest BCUT2D eigenvalue weighted by atomic mass is 10.2. The predicted octanol–water partition coefficient (Wildman–Crippen LogP) is 1.63. The quantitative estimate of drug-likeness (QED) is 0.892. The van der Waals surface area contributed by atoms with Gasteiger partial charge in [-0.25, -0.2) is 9.78 Å². The summed E-state index contributed by atoms with van der Waals surface area (Å²) in [6.07, 6.45) is 3.17. The third-order valence-corrected chi connectivity index (χ3v) is 2.25. The zero-order chi connectivity index (χ0) is 13.8. The van der Waals surface area contributed by atoms with Gasteiger partial charge in [-0.1, -0.05) is 0 Å². The lowest BCUT2D eigenvalue weighted by molar-refractivity contribution is -0.0537. The molecule has 1 N–H and O–H groups in total. The summed E-state index contributed by atoms with van der Waals surface area (Å²) in [6.45, 7) is -2.92. The van der Waals surface area contributed by atoms with Crippen LogP contribution in [0.1, 0.15) is 16.1 Å². The number of carboxylic acid groups (broad SMARTS) is 1. The second-order valence-electron chi connectivity index (χ2n) is 3.55. The summed E-state index contributed by atoms with van der Waals surface area (Å²) in [4.78, 5) is 14.3. The molecule has 2 heterocycles. The van der Waals surface area contributed by atoms with Gasteiger partial charge < -0.3 is 9.84 Å². The van der Waals surface area contributed by atoms with E-state index in [9.17, 15) is 13.6 Å². The molecule has 0 bridgehead atoms. The molecule has 0 fully saturated rings. The number of carbonyl (C=O) groups is 1. The van der Waals surface area contributed by atoms with Gasteiger partial charge in [0.05, 0.1) is 6.54 Å². The van der Waals surface area contributed by atoms with Gasteiger partial charge in [0.2, 0.25) is 5.88 Å². The number of nitrogens with zero attached hydrogens (tertiary/aromatic N) is 3. The van der Waals surface area contributed by atoms with E-state index in [1.165, 1.54) is 23.0 Å². The predicted molar refractivity (Wildman–Crippen MR) is 59.2 cm³/mol. The summed E-state index contributed by atoms with van der Waals surface area (Å²) in [5.41, 5.74) is -0.0473.